The van der Waals surface area contributed by atoms with E-state index in [1.807, 2.05) is 0 Å². The Bertz CT molecular complexity index is 642. The number of carboxylic acids is 1. The van der Waals surface area contributed by atoms with E-state index in [1.54, 1.807) is 4.89 Å². The van der Waals surface area contributed by atoms with Gasteiger partial charge in [0.1, 0.15) is 10.6 Å². The third kappa shape index (κ3) is 5.02. The number of rotatable bonds is 7. The fourth-order valence-corrected chi connectivity index (χ4v) is 2.38. The van der Waals surface area contributed by atoms with Gasteiger partial charge in [0.2, 0.25) is 5.91 Å². The Morgan fingerprint density at radius 1 is 1.33 bits per heavy atom. The molecule has 0 atom stereocenters. The molecule has 0 saturated heterocycles. The number of nitrogens with one attached hydrogen (secondary N) is 2. The van der Waals surface area contributed by atoms with Gasteiger partial charge in [0, 0.05) is 12.6 Å². The van der Waals surface area contributed by atoms with Crippen molar-refractivity contribution in [3.63, 3.8) is 0 Å². The minimum Gasteiger partial charge on any atom is -0.495 e. The monoisotopic (exact) mass is 318 g/mol. The summed E-state index contributed by atoms with van der Waals surface area (Å²) < 4.78 is 28.9. The highest BCUT2D eigenvalue weighted by atomic mass is 32.2. The van der Waals surface area contributed by atoms with Gasteiger partial charge in [0.05, 0.1) is 7.11 Å². The Balaban J connectivity index is 3.07. The highest BCUT2D eigenvalue weighted by Crippen LogP contribution is 2.26. The van der Waals surface area contributed by atoms with Gasteiger partial charge in [0.15, 0.2) is 6.61 Å². The van der Waals surface area contributed by atoms with Gasteiger partial charge in [-0.05, 0) is 18.2 Å². The van der Waals surface area contributed by atoms with E-state index < -0.39 is 22.6 Å². The van der Waals surface area contributed by atoms with Crippen LogP contribution in [0, 0.1) is 0 Å². The molecule has 9 nitrogen and oxygen atoms in total. The van der Waals surface area contributed by atoms with Gasteiger partial charge in [0.25, 0.3) is 10.0 Å². The number of amides is 1. The van der Waals surface area contributed by atoms with Crippen molar-refractivity contribution in [2.45, 2.75) is 11.8 Å². The molecule has 0 radical (unpaired) electrons. The highest BCUT2D eigenvalue weighted by molar-refractivity contribution is 7.89. The van der Waals surface area contributed by atoms with E-state index in [4.69, 9.17) is 9.84 Å². The first-order valence-electron chi connectivity index (χ1n) is 5.57. The molecule has 0 unspecified atom stereocenters. The zero-order valence-electron chi connectivity index (χ0n) is 11.2. The maximum absolute atomic E-state index is 12.0. The third-order valence-electron chi connectivity index (χ3n) is 2.14. The van der Waals surface area contributed by atoms with E-state index >= 15 is 0 Å². The maximum Gasteiger partial charge on any atom is 0.331 e. The van der Waals surface area contributed by atoms with E-state index in [1.165, 1.54) is 26.2 Å². The molecule has 0 saturated carbocycles. The van der Waals surface area contributed by atoms with Crippen molar-refractivity contribution in [1.82, 2.24) is 4.89 Å². The summed E-state index contributed by atoms with van der Waals surface area (Å²) in [7, 11) is -2.90. The topological polar surface area (TPSA) is 131 Å². The van der Waals surface area contributed by atoms with Gasteiger partial charge >= 0.3 is 5.97 Å². The van der Waals surface area contributed by atoms with Crippen LogP contribution in [0.1, 0.15) is 6.92 Å². The number of hydrogen-bond donors (Lipinski definition) is 3. The molecule has 1 amide bonds. The lowest BCUT2D eigenvalue weighted by Crippen LogP contribution is -2.27. The number of carbonyl (C=O) groups is 2. The van der Waals surface area contributed by atoms with Crippen molar-refractivity contribution < 1.29 is 32.7 Å². The average Bonchev–Trinajstić information content (AvgIpc) is 2.37. The first-order valence-corrected chi connectivity index (χ1v) is 7.05. The molecule has 116 valence electrons. The van der Waals surface area contributed by atoms with Crippen molar-refractivity contribution >= 4 is 27.6 Å². The number of hydrogen-bond acceptors (Lipinski definition) is 6. The molecular weight excluding hydrogens is 304 g/mol. The van der Waals surface area contributed by atoms with Crippen LogP contribution < -0.4 is 14.9 Å². The minimum atomic E-state index is -4.17. The Hall–Kier alpha value is -2.17. The van der Waals surface area contributed by atoms with Crippen LogP contribution in [0.25, 0.3) is 0 Å². The molecule has 10 heteroatoms. The minimum absolute atomic E-state index is 0.00975. The summed E-state index contributed by atoms with van der Waals surface area (Å²) in [5.74, 6) is -1.70. The van der Waals surface area contributed by atoms with Crippen LogP contribution in [0.4, 0.5) is 5.69 Å². The first-order chi connectivity index (χ1) is 9.76. The lowest BCUT2D eigenvalue weighted by Gasteiger charge is -2.12. The fraction of sp³-hybridized carbons (Fsp3) is 0.273. The predicted molar refractivity (Wildman–Crippen MR) is 71.2 cm³/mol. The quantitative estimate of drug-likeness (QED) is 0.600. The standard InChI is InChI=1S/C11H14N2O7S/c1-7(14)12-8-3-4-9(19-2)10(5-8)21(17,18)13-20-6-11(15)16/h3-5,13H,6H2,1-2H3,(H,12,14)(H,15,16). The summed E-state index contributed by atoms with van der Waals surface area (Å²) >= 11 is 0. The van der Waals surface area contributed by atoms with Gasteiger partial charge in [-0.3, -0.25) is 9.63 Å². The van der Waals surface area contributed by atoms with Crippen LogP contribution in [0.3, 0.4) is 0 Å². The van der Waals surface area contributed by atoms with Crippen LogP contribution >= 0.6 is 0 Å². The van der Waals surface area contributed by atoms with Crippen molar-refractivity contribution in [3.8, 4) is 5.75 Å². The summed E-state index contributed by atoms with van der Waals surface area (Å²) in [5.41, 5.74) is 0.238. The third-order valence-corrected chi connectivity index (χ3v) is 3.37. The average molecular weight is 318 g/mol. The Kier molecular flexibility index (Phi) is 5.64. The molecule has 0 aliphatic carbocycles. The van der Waals surface area contributed by atoms with Crippen molar-refractivity contribution in [1.29, 1.82) is 0 Å². The van der Waals surface area contributed by atoms with Gasteiger partial charge in [-0.2, -0.15) is 0 Å². The molecule has 1 rings (SSSR count). The molecule has 0 spiro atoms. The first kappa shape index (κ1) is 16.9. The van der Waals surface area contributed by atoms with Gasteiger partial charge < -0.3 is 15.2 Å². The number of anilines is 1. The SMILES string of the molecule is COc1ccc(NC(C)=O)cc1S(=O)(=O)NOCC(=O)O. The van der Waals surface area contributed by atoms with Crippen LogP contribution in [0.5, 0.6) is 5.75 Å². The maximum atomic E-state index is 12.0. The summed E-state index contributed by atoms with van der Waals surface area (Å²) in [5, 5.41) is 10.8. The molecular formula is C11H14N2O7S. The van der Waals surface area contributed by atoms with Crippen LogP contribution in [-0.4, -0.2) is 39.1 Å². The molecule has 1 aromatic rings. The summed E-state index contributed by atoms with van der Waals surface area (Å²) in [6.45, 7) is 0.430. The molecule has 0 aliphatic heterocycles. The number of carbonyl (C=O) groups excluding carboxylic acids is 1. The molecule has 0 aromatic heterocycles. The molecule has 21 heavy (non-hydrogen) atoms. The number of methoxy groups -OCH3 is 1. The Morgan fingerprint density at radius 3 is 2.52 bits per heavy atom. The van der Waals surface area contributed by atoms with Crippen molar-refractivity contribution in [3.05, 3.63) is 18.2 Å². The molecule has 0 bridgehead atoms. The normalized spacial score (nSPS) is 11.0. The largest absolute Gasteiger partial charge is 0.495 e. The number of ether oxygens (including phenoxy) is 1. The van der Waals surface area contributed by atoms with Gasteiger partial charge in [-0.15, -0.1) is 0 Å². The fourth-order valence-electron chi connectivity index (χ4n) is 1.38. The zero-order valence-corrected chi connectivity index (χ0v) is 12.1. The van der Waals surface area contributed by atoms with Crippen molar-refractivity contribution in [2.75, 3.05) is 19.0 Å². The second-order valence-corrected chi connectivity index (χ2v) is 5.43. The van der Waals surface area contributed by atoms with Crippen molar-refractivity contribution in [2.24, 2.45) is 0 Å². The molecule has 1 aromatic carbocycles. The van der Waals surface area contributed by atoms with E-state index in [0.717, 1.165) is 6.07 Å². The van der Waals surface area contributed by atoms with Crippen LogP contribution in [-0.2, 0) is 24.4 Å². The lowest BCUT2D eigenvalue weighted by molar-refractivity contribution is -0.143. The summed E-state index contributed by atoms with van der Waals surface area (Å²) in [4.78, 5) is 27.0. The Labute approximate surface area is 120 Å². The van der Waals surface area contributed by atoms with Crippen LogP contribution in [0.2, 0.25) is 0 Å². The predicted octanol–water partition coefficient (Wildman–Crippen LogP) is -0.0519. The molecule has 0 aliphatic rings. The number of carboxylic acid groups (broad SMARTS) is 1. The van der Waals surface area contributed by atoms with E-state index in [2.05, 4.69) is 10.2 Å². The van der Waals surface area contributed by atoms with Gasteiger partial charge in [-0.1, -0.05) is 4.89 Å². The zero-order chi connectivity index (χ0) is 16.0. The lowest BCUT2D eigenvalue weighted by atomic mass is 10.3. The molecule has 3 N–H and O–H groups in total. The second-order valence-electron chi connectivity index (χ2n) is 3.82. The van der Waals surface area contributed by atoms with E-state index in [0.29, 0.717) is 0 Å². The smallest absolute Gasteiger partial charge is 0.331 e. The van der Waals surface area contributed by atoms with E-state index in [9.17, 15) is 18.0 Å². The van der Waals surface area contributed by atoms with Crippen LogP contribution in [0.15, 0.2) is 23.1 Å². The molecule has 0 heterocycles. The molecule has 0 fully saturated rings. The number of sulfonamides is 1. The summed E-state index contributed by atoms with van der Waals surface area (Å²) in [6, 6.07) is 3.96. The Morgan fingerprint density at radius 2 is 2.00 bits per heavy atom. The number of benzene rings is 1. The number of aliphatic carboxylic acids is 1. The highest BCUT2D eigenvalue weighted by Gasteiger charge is 2.21. The second kappa shape index (κ2) is 7.02. The summed E-state index contributed by atoms with van der Waals surface area (Å²) in [6.07, 6.45) is 0. The van der Waals surface area contributed by atoms with Gasteiger partial charge in [-0.25, -0.2) is 13.2 Å². The van der Waals surface area contributed by atoms with E-state index in [-0.39, 0.29) is 22.2 Å².